The van der Waals surface area contributed by atoms with E-state index in [1.54, 1.807) is 18.3 Å². The molecule has 0 bridgehead atoms. The first-order valence-corrected chi connectivity index (χ1v) is 10.3. The molecule has 1 amide bonds. The van der Waals surface area contributed by atoms with Crippen molar-refractivity contribution in [2.24, 2.45) is 5.73 Å². The lowest BCUT2D eigenvalue weighted by atomic mass is 9.90. The Bertz CT molecular complexity index is 877. The fourth-order valence-electron chi connectivity index (χ4n) is 4.09. The number of nitrogens with two attached hydrogens (primary N) is 1. The van der Waals surface area contributed by atoms with Gasteiger partial charge in [0.2, 0.25) is 0 Å². The number of aromatic nitrogens is 2. The molecular weight excluding hydrogens is 371 g/mol. The number of hydrogen-bond donors (Lipinski definition) is 3. The molecule has 0 saturated carbocycles. The maximum absolute atomic E-state index is 14.8. The van der Waals surface area contributed by atoms with Gasteiger partial charge in [0, 0.05) is 13.1 Å². The Hall–Kier alpha value is -2.74. The molecule has 1 aromatic carbocycles. The number of carbonyl (C=O) groups is 1. The van der Waals surface area contributed by atoms with E-state index in [1.807, 2.05) is 6.07 Å². The molecule has 3 heterocycles. The van der Waals surface area contributed by atoms with Crippen molar-refractivity contribution in [3.63, 3.8) is 0 Å². The van der Waals surface area contributed by atoms with E-state index < -0.39 is 5.91 Å². The average molecular weight is 398 g/mol. The molecule has 1 aromatic heterocycles. The zero-order valence-electron chi connectivity index (χ0n) is 16.5. The summed E-state index contributed by atoms with van der Waals surface area (Å²) in [7, 11) is 0. The fourth-order valence-corrected chi connectivity index (χ4v) is 4.09. The molecule has 2 aliphatic rings. The maximum Gasteiger partial charge on any atom is 0.271 e. The van der Waals surface area contributed by atoms with Crippen LogP contribution in [0, 0.1) is 5.82 Å². The van der Waals surface area contributed by atoms with Gasteiger partial charge in [0.05, 0.1) is 11.9 Å². The molecule has 7 nitrogen and oxygen atoms in total. The third-order valence-electron chi connectivity index (χ3n) is 5.73. The number of primary amides is 1. The van der Waals surface area contributed by atoms with Crippen molar-refractivity contribution >= 4 is 23.2 Å². The van der Waals surface area contributed by atoms with Gasteiger partial charge in [0.1, 0.15) is 11.6 Å². The minimum atomic E-state index is -0.697. The molecule has 2 aliphatic heterocycles. The predicted molar refractivity (Wildman–Crippen MR) is 111 cm³/mol. The second-order valence-electron chi connectivity index (χ2n) is 7.73. The second kappa shape index (κ2) is 8.73. The molecule has 0 spiro atoms. The topological polar surface area (TPSA) is 96.2 Å². The van der Waals surface area contributed by atoms with Crippen LogP contribution in [0.5, 0.6) is 0 Å². The van der Waals surface area contributed by atoms with Crippen molar-refractivity contribution in [1.82, 2.24) is 15.3 Å². The Morgan fingerprint density at radius 3 is 2.66 bits per heavy atom. The van der Waals surface area contributed by atoms with Crippen LogP contribution in [0.15, 0.2) is 24.4 Å². The highest BCUT2D eigenvalue weighted by Gasteiger charge is 2.20. The number of nitrogens with zero attached hydrogens (tertiary/aromatic N) is 3. The maximum atomic E-state index is 14.8. The van der Waals surface area contributed by atoms with E-state index in [9.17, 15) is 9.18 Å². The highest BCUT2D eigenvalue weighted by molar-refractivity contribution is 5.96. The molecule has 2 aromatic rings. The standard InChI is InChI=1S/C21H27FN6O/c22-16-12-15(14-6-8-24-9-7-14)4-5-17(16)26-21-19(20(23)29)25-13-18(27-21)28-10-2-1-3-11-28/h4-5,12-14,24H,1-3,6-11H2,(H2,23,29)(H,26,27). The number of hydrogen-bond acceptors (Lipinski definition) is 6. The first kappa shape index (κ1) is 19.6. The van der Waals surface area contributed by atoms with Gasteiger partial charge in [0.25, 0.3) is 5.91 Å². The summed E-state index contributed by atoms with van der Waals surface area (Å²) in [5.74, 6) is 0.153. The van der Waals surface area contributed by atoms with Crippen LogP contribution < -0.4 is 21.3 Å². The Morgan fingerprint density at radius 1 is 1.21 bits per heavy atom. The number of carbonyl (C=O) groups excluding carboxylic acids is 1. The van der Waals surface area contributed by atoms with E-state index in [2.05, 4.69) is 25.5 Å². The first-order valence-electron chi connectivity index (χ1n) is 10.3. The third-order valence-corrected chi connectivity index (χ3v) is 5.73. The van der Waals surface area contributed by atoms with Crippen molar-refractivity contribution in [2.45, 2.75) is 38.0 Å². The van der Waals surface area contributed by atoms with Crippen molar-refractivity contribution < 1.29 is 9.18 Å². The zero-order valence-corrected chi connectivity index (χ0v) is 16.5. The largest absolute Gasteiger partial charge is 0.364 e. The quantitative estimate of drug-likeness (QED) is 0.717. The first-order chi connectivity index (χ1) is 14.1. The van der Waals surface area contributed by atoms with Crippen LogP contribution in [-0.2, 0) is 0 Å². The van der Waals surface area contributed by atoms with E-state index in [0.717, 1.165) is 57.4 Å². The summed E-state index contributed by atoms with van der Waals surface area (Å²) >= 11 is 0. The monoisotopic (exact) mass is 398 g/mol. The Balaban J connectivity index is 1.59. The Morgan fingerprint density at radius 2 is 1.97 bits per heavy atom. The normalized spacial score (nSPS) is 17.9. The smallest absolute Gasteiger partial charge is 0.271 e. The summed E-state index contributed by atoms with van der Waals surface area (Å²) in [6, 6.07) is 5.21. The lowest BCUT2D eigenvalue weighted by Crippen LogP contribution is -2.31. The van der Waals surface area contributed by atoms with Gasteiger partial charge in [-0.05, 0) is 68.8 Å². The molecule has 0 radical (unpaired) electrons. The van der Waals surface area contributed by atoms with E-state index >= 15 is 0 Å². The third kappa shape index (κ3) is 4.48. The molecule has 0 aliphatic carbocycles. The van der Waals surface area contributed by atoms with E-state index in [-0.39, 0.29) is 23.0 Å². The molecule has 4 rings (SSSR count). The lowest BCUT2D eigenvalue weighted by Gasteiger charge is -2.28. The number of amides is 1. The lowest BCUT2D eigenvalue weighted by molar-refractivity contribution is 0.0996. The zero-order chi connectivity index (χ0) is 20.2. The van der Waals surface area contributed by atoms with E-state index in [1.165, 1.54) is 6.42 Å². The van der Waals surface area contributed by atoms with Crippen LogP contribution in [0.3, 0.4) is 0 Å². The Kier molecular flexibility index (Phi) is 5.89. The van der Waals surface area contributed by atoms with Crippen LogP contribution in [-0.4, -0.2) is 42.1 Å². The molecule has 2 fully saturated rings. The van der Waals surface area contributed by atoms with Gasteiger partial charge in [-0.25, -0.2) is 14.4 Å². The summed E-state index contributed by atoms with van der Waals surface area (Å²) in [6.45, 7) is 3.69. The van der Waals surface area contributed by atoms with E-state index in [0.29, 0.717) is 11.7 Å². The minimum absolute atomic E-state index is 0.00703. The summed E-state index contributed by atoms with van der Waals surface area (Å²) < 4.78 is 14.8. The molecule has 4 N–H and O–H groups in total. The number of piperidine rings is 2. The van der Waals surface area contributed by atoms with Gasteiger partial charge >= 0.3 is 0 Å². The molecule has 8 heteroatoms. The van der Waals surface area contributed by atoms with E-state index in [4.69, 9.17) is 5.73 Å². The summed E-state index contributed by atoms with van der Waals surface area (Å²) in [5, 5.41) is 6.27. The summed E-state index contributed by atoms with van der Waals surface area (Å²) in [5.41, 5.74) is 6.73. The minimum Gasteiger partial charge on any atom is -0.364 e. The number of benzene rings is 1. The number of nitrogens with one attached hydrogen (secondary N) is 2. The van der Waals surface area contributed by atoms with Crippen LogP contribution >= 0.6 is 0 Å². The van der Waals surface area contributed by atoms with Crippen LogP contribution in [0.2, 0.25) is 0 Å². The molecule has 0 unspecified atom stereocenters. The molecule has 154 valence electrons. The van der Waals surface area contributed by atoms with Gasteiger partial charge in [-0.3, -0.25) is 4.79 Å². The molecule has 0 atom stereocenters. The molecular formula is C21H27FN6O. The Labute approximate surface area is 169 Å². The van der Waals surface area contributed by atoms with Crippen molar-refractivity contribution in [3.05, 3.63) is 41.5 Å². The van der Waals surface area contributed by atoms with Gasteiger partial charge in [-0.1, -0.05) is 6.07 Å². The average Bonchev–Trinajstić information content (AvgIpc) is 2.76. The van der Waals surface area contributed by atoms with Crippen molar-refractivity contribution in [2.75, 3.05) is 36.4 Å². The van der Waals surface area contributed by atoms with Gasteiger partial charge in [-0.15, -0.1) is 0 Å². The predicted octanol–water partition coefficient (Wildman–Crippen LogP) is 2.92. The van der Waals surface area contributed by atoms with Crippen LogP contribution in [0.1, 0.15) is 54.1 Å². The molecule has 2 saturated heterocycles. The van der Waals surface area contributed by atoms with Crippen LogP contribution in [0.4, 0.5) is 21.7 Å². The number of anilines is 3. The highest BCUT2D eigenvalue weighted by Crippen LogP contribution is 2.30. The highest BCUT2D eigenvalue weighted by atomic mass is 19.1. The van der Waals surface area contributed by atoms with Crippen molar-refractivity contribution in [3.8, 4) is 0 Å². The second-order valence-corrected chi connectivity index (χ2v) is 7.73. The van der Waals surface area contributed by atoms with Crippen molar-refractivity contribution in [1.29, 1.82) is 0 Å². The van der Waals surface area contributed by atoms with Gasteiger partial charge in [0.15, 0.2) is 11.5 Å². The van der Waals surface area contributed by atoms with Gasteiger partial charge < -0.3 is 21.3 Å². The van der Waals surface area contributed by atoms with Crippen LogP contribution in [0.25, 0.3) is 0 Å². The SMILES string of the molecule is NC(=O)c1ncc(N2CCCCC2)nc1Nc1ccc(C2CCNCC2)cc1F. The van der Waals surface area contributed by atoms with Gasteiger partial charge in [-0.2, -0.15) is 0 Å². The summed E-state index contributed by atoms with van der Waals surface area (Å²) in [6.07, 6.45) is 6.95. The fraction of sp³-hybridized carbons (Fsp3) is 0.476. The number of halogens is 1. The summed E-state index contributed by atoms with van der Waals surface area (Å²) in [4.78, 5) is 22.7. The molecule has 29 heavy (non-hydrogen) atoms. The number of rotatable bonds is 5.